The zero-order valence-electron chi connectivity index (χ0n) is 8.82. The van der Waals surface area contributed by atoms with E-state index in [0.717, 1.165) is 11.1 Å². The number of rotatable bonds is 1. The summed E-state index contributed by atoms with van der Waals surface area (Å²) in [5, 5.41) is 9.90. The highest BCUT2D eigenvalue weighted by molar-refractivity contribution is 6.42. The van der Waals surface area contributed by atoms with Crippen molar-refractivity contribution in [1.29, 1.82) is 0 Å². The van der Waals surface area contributed by atoms with Gasteiger partial charge in [0.25, 0.3) is 0 Å². The van der Waals surface area contributed by atoms with Crippen LogP contribution in [-0.4, -0.2) is 11.1 Å². The van der Waals surface area contributed by atoms with Gasteiger partial charge in [-0.2, -0.15) is 0 Å². The normalized spacial score (nSPS) is 22.5. The molecule has 2 atom stereocenters. The Bertz CT molecular complexity index is 451. The smallest absolute Gasteiger partial charge is 0.306 e. The average Bonchev–Trinajstić information content (AvgIpc) is 2.20. The molecule has 0 saturated heterocycles. The van der Waals surface area contributed by atoms with Crippen LogP contribution < -0.4 is 5.73 Å². The van der Waals surface area contributed by atoms with E-state index in [1.165, 1.54) is 0 Å². The first-order valence-electron chi connectivity index (χ1n) is 4.95. The maximum atomic E-state index is 10.9. The highest BCUT2D eigenvalue weighted by Gasteiger charge is 2.29. The van der Waals surface area contributed by atoms with Crippen molar-refractivity contribution in [1.82, 2.24) is 0 Å². The molecule has 0 aliphatic heterocycles. The third kappa shape index (κ3) is 2.86. The van der Waals surface area contributed by atoms with Crippen LogP contribution in [-0.2, 0) is 11.2 Å². The zero-order chi connectivity index (χ0) is 11.9. The van der Waals surface area contributed by atoms with Crippen LogP contribution in [0.4, 0.5) is 0 Å². The summed E-state index contributed by atoms with van der Waals surface area (Å²) in [6.07, 6.45) is 0.912. The van der Waals surface area contributed by atoms with Gasteiger partial charge in [-0.3, -0.25) is 4.79 Å². The summed E-state index contributed by atoms with van der Waals surface area (Å²) >= 11 is 11.8. The third-order valence-electron chi connectivity index (χ3n) is 2.94. The Morgan fingerprint density at radius 3 is 2.53 bits per heavy atom. The Balaban J connectivity index is 0.00000144. The second kappa shape index (κ2) is 5.44. The van der Waals surface area contributed by atoms with Crippen LogP contribution in [0.1, 0.15) is 23.6 Å². The minimum Gasteiger partial charge on any atom is -0.481 e. The molecular weight excluding hydrogens is 284 g/mol. The summed E-state index contributed by atoms with van der Waals surface area (Å²) < 4.78 is 0. The molecule has 1 aliphatic rings. The quantitative estimate of drug-likeness (QED) is 0.837. The first-order valence-corrected chi connectivity index (χ1v) is 5.71. The van der Waals surface area contributed by atoms with Gasteiger partial charge in [0.05, 0.1) is 16.0 Å². The van der Waals surface area contributed by atoms with E-state index in [0.29, 0.717) is 22.9 Å². The van der Waals surface area contributed by atoms with E-state index in [2.05, 4.69) is 0 Å². The summed E-state index contributed by atoms with van der Waals surface area (Å²) in [6.45, 7) is 0. The fourth-order valence-electron chi connectivity index (χ4n) is 2.10. The SMILES string of the molecule is Cl.N[C@H]1C[C@@H](C(=O)O)Cc2cc(Cl)c(Cl)cc21. The van der Waals surface area contributed by atoms with Crippen molar-refractivity contribution in [3.8, 4) is 0 Å². The summed E-state index contributed by atoms with van der Waals surface area (Å²) in [7, 11) is 0. The number of fused-ring (bicyclic) bond motifs is 1. The highest BCUT2D eigenvalue weighted by atomic mass is 35.5. The molecule has 0 saturated carbocycles. The van der Waals surface area contributed by atoms with Crippen LogP contribution in [0.15, 0.2) is 12.1 Å². The number of nitrogens with two attached hydrogens (primary N) is 1. The number of aliphatic carboxylic acids is 1. The summed E-state index contributed by atoms with van der Waals surface area (Å²) in [5.74, 6) is -1.24. The Morgan fingerprint density at radius 2 is 1.94 bits per heavy atom. The average molecular weight is 297 g/mol. The summed E-state index contributed by atoms with van der Waals surface area (Å²) in [5.41, 5.74) is 7.73. The predicted octanol–water partition coefficient (Wildman–Crippen LogP) is 3.06. The van der Waals surface area contributed by atoms with Crippen LogP contribution in [0.2, 0.25) is 10.0 Å². The molecule has 3 N–H and O–H groups in total. The number of benzene rings is 1. The Hall–Kier alpha value is -0.480. The molecular formula is C11H12Cl3NO2. The van der Waals surface area contributed by atoms with Crippen molar-refractivity contribution in [3.63, 3.8) is 0 Å². The number of hydrogen-bond donors (Lipinski definition) is 2. The standard InChI is InChI=1S/C11H11Cl2NO2.ClH/c12-8-2-5-1-6(11(15)16)3-10(14)7(5)4-9(8)13;/h2,4,6,10H,1,3,14H2,(H,15,16);1H/t6-,10-;/m0./s1. The highest BCUT2D eigenvalue weighted by Crippen LogP contribution is 2.36. The number of carboxylic acids is 1. The molecule has 3 nitrogen and oxygen atoms in total. The second-order valence-corrected chi connectivity index (χ2v) is 4.86. The van der Waals surface area contributed by atoms with Gasteiger partial charge in [0.1, 0.15) is 0 Å². The molecule has 1 aromatic rings. The molecule has 1 aliphatic carbocycles. The van der Waals surface area contributed by atoms with Gasteiger partial charge in [-0.25, -0.2) is 0 Å². The predicted molar refractivity (Wildman–Crippen MR) is 70.1 cm³/mol. The Labute approximate surface area is 115 Å². The van der Waals surface area contributed by atoms with Gasteiger partial charge >= 0.3 is 5.97 Å². The van der Waals surface area contributed by atoms with E-state index in [1.54, 1.807) is 12.1 Å². The first-order chi connectivity index (χ1) is 7.49. The summed E-state index contributed by atoms with van der Waals surface area (Å²) in [4.78, 5) is 10.9. The maximum Gasteiger partial charge on any atom is 0.306 e. The fourth-order valence-corrected chi connectivity index (χ4v) is 2.45. The van der Waals surface area contributed by atoms with Gasteiger partial charge in [-0.05, 0) is 36.1 Å². The van der Waals surface area contributed by atoms with E-state index in [9.17, 15) is 4.79 Å². The molecule has 0 unspecified atom stereocenters. The Morgan fingerprint density at radius 1 is 1.35 bits per heavy atom. The van der Waals surface area contributed by atoms with Gasteiger partial charge in [-0.15, -0.1) is 12.4 Å². The third-order valence-corrected chi connectivity index (χ3v) is 3.66. The molecule has 0 heterocycles. The molecule has 0 bridgehead atoms. The lowest BCUT2D eigenvalue weighted by molar-refractivity contribution is -0.142. The molecule has 0 radical (unpaired) electrons. The molecule has 0 fully saturated rings. The van der Waals surface area contributed by atoms with E-state index >= 15 is 0 Å². The minimum atomic E-state index is -0.813. The van der Waals surface area contributed by atoms with Gasteiger partial charge in [0.15, 0.2) is 0 Å². The lowest BCUT2D eigenvalue weighted by Crippen LogP contribution is -2.28. The second-order valence-electron chi connectivity index (χ2n) is 4.05. The fraction of sp³-hybridized carbons (Fsp3) is 0.364. The lowest BCUT2D eigenvalue weighted by Gasteiger charge is -2.27. The van der Waals surface area contributed by atoms with Crippen molar-refractivity contribution in [2.75, 3.05) is 0 Å². The minimum absolute atomic E-state index is 0. The van der Waals surface area contributed by atoms with Crippen LogP contribution in [0.5, 0.6) is 0 Å². The number of halogens is 3. The van der Waals surface area contributed by atoms with Crippen molar-refractivity contribution >= 4 is 41.6 Å². The molecule has 2 rings (SSSR count). The van der Waals surface area contributed by atoms with Crippen LogP contribution in [0, 0.1) is 5.92 Å². The van der Waals surface area contributed by atoms with Crippen molar-refractivity contribution in [2.24, 2.45) is 11.7 Å². The molecule has 6 heteroatoms. The number of carbonyl (C=O) groups is 1. The van der Waals surface area contributed by atoms with E-state index < -0.39 is 11.9 Å². The van der Waals surface area contributed by atoms with E-state index in [4.69, 9.17) is 34.0 Å². The van der Waals surface area contributed by atoms with Crippen LogP contribution in [0.3, 0.4) is 0 Å². The van der Waals surface area contributed by atoms with Crippen molar-refractivity contribution in [3.05, 3.63) is 33.3 Å². The van der Waals surface area contributed by atoms with Gasteiger partial charge in [0, 0.05) is 6.04 Å². The molecule has 17 heavy (non-hydrogen) atoms. The summed E-state index contributed by atoms with van der Waals surface area (Å²) in [6, 6.07) is 3.18. The monoisotopic (exact) mass is 295 g/mol. The van der Waals surface area contributed by atoms with Gasteiger partial charge < -0.3 is 10.8 Å². The van der Waals surface area contributed by atoms with Gasteiger partial charge in [-0.1, -0.05) is 23.2 Å². The van der Waals surface area contributed by atoms with E-state index in [-0.39, 0.29) is 18.4 Å². The van der Waals surface area contributed by atoms with Gasteiger partial charge in [0.2, 0.25) is 0 Å². The molecule has 0 spiro atoms. The van der Waals surface area contributed by atoms with E-state index in [1.807, 2.05) is 0 Å². The number of carboxylic acid groups (broad SMARTS) is 1. The topological polar surface area (TPSA) is 63.3 Å². The molecule has 94 valence electrons. The first kappa shape index (κ1) is 14.6. The Kier molecular flexibility index (Phi) is 4.67. The van der Waals surface area contributed by atoms with Crippen LogP contribution >= 0.6 is 35.6 Å². The molecule has 1 aromatic carbocycles. The lowest BCUT2D eigenvalue weighted by atomic mass is 9.81. The number of hydrogen-bond acceptors (Lipinski definition) is 2. The maximum absolute atomic E-state index is 10.9. The molecule has 0 aromatic heterocycles. The molecule has 0 amide bonds. The van der Waals surface area contributed by atoms with Crippen molar-refractivity contribution < 1.29 is 9.90 Å². The largest absolute Gasteiger partial charge is 0.481 e. The van der Waals surface area contributed by atoms with Crippen molar-refractivity contribution in [2.45, 2.75) is 18.9 Å². The zero-order valence-corrected chi connectivity index (χ0v) is 11.1. The van der Waals surface area contributed by atoms with Crippen LogP contribution in [0.25, 0.3) is 0 Å².